The summed E-state index contributed by atoms with van der Waals surface area (Å²) in [5, 5.41) is 5.33. The first-order chi connectivity index (χ1) is 11.2. The SMILES string of the molecule is CCNC(=NCc1cc(Br)ccc1OC(F)F)NCCC(F)(F)F. The maximum Gasteiger partial charge on any atom is 0.390 e. The number of ether oxygens (including phenoxy) is 1. The minimum Gasteiger partial charge on any atom is -0.434 e. The summed E-state index contributed by atoms with van der Waals surface area (Å²) in [7, 11) is 0. The third-order valence-corrected chi connectivity index (χ3v) is 3.18. The summed E-state index contributed by atoms with van der Waals surface area (Å²) >= 11 is 3.22. The molecule has 0 aliphatic carbocycles. The lowest BCUT2D eigenvalue weighted by molar-refractivity contribution is -0.132. The summed E-state index contributed by atoms with van der Waals surface area (Å²) in [5.41, 5.74) is 0.373. The van der Waals surface area contributed by atoms with Gasteiger partial charge in [-0.25, -0.2) is 4.99 Å². The van der Waals surface area contributed by atoms with E-state index in [1.807, 2.05) is 0 Å². The average molecular weight is 418 g/mol. The third kappa shape index (κ3) is 8.32. The van der Waals surface area contributed by atoms with E-state index in [9.17, 15) is 22.0 Å². The number of alkyl halides is 5. The van der Waals surface area contributed by atoms with Gasteiger partial charge < -0.3 is 15.4 Å². The molecule has 0 aliphatic rings. The van der Waals surface area contributed by atoms with Crippen molar-refractivity contribution in [3.63, 3.8) is 0 Å². The number of hydrogen-bond acceptors (Lipinski definition) is 2. The van der Waals surface area contributed by atoms with Gasteiger partial charge in [-0.2, -0.15) is 22.0 Å². The van der Waals surface area contributed by atoms with Crippen molar-refractivity contribution in [2.75, 3.05) is 13.1 Å². The number of aliphatic imine (C=N–C) groups is 1. The van der Waals surface area contributed by atoms with E-state index < -0.39 is 19.2 Å². The molecule has 0 radical (unpaired) electrons. The summed E-state index contributed by atoms with van der Waals surface area (Å²) in [6, 6.07) is 4.46. The van der Waals surface area contributed by atoms with Crippen molar-refractivity contribution in [2.45, 2.75) is 32.7 Å². The molecule has 0 saturated carbocycles. The fourth-order valence-corrected chi connectivity index (χ4v) is 2.12. The number of benzene rings is 1. The Balaban J connectivity index is 2.79. The second-order valence-electron chi connectivity index (χ2n) is 4.62. The van der Waals surface area contributed by atoms with Gasteiger partial charge in [0, 0.05) is 23.1 Å². The maximum absolute atomic E-state index is 12.4. The second kappa shape index (κ2) is 9.65. The largest absolute Gasteiger partial charge is 0.434 e. The van der Waals surface area contributed by atoms with Gasteiger partial charge in [0.05, 0.1) is 13.0 Å². The van der Waals surface area contributed by atoms with Crippen LogP contribution in [0.1, 0.15) is 18.9 Å². The molecular weight excluding hydrogens is 401 g/mol. The molecule has 2 N–H and O–H groups in total. The molecule has 4 nitrogen and oxygen atoms in total. The average Bonchev–Trinajstić information content (AvgIpc) is 2.45. The first kappa shape index (κ1) is 20.5. The molecule has 0 unspecified atom stereocenters. The molecule has 0 atom stereocenters. The highest BCUT2D eigenvalue weighted by atomic mass is 79.9. The number of halogens is 6. The molecule has 0 aromatic heterocycles. The molecule has 1 aromatic rings. The summed E-state index contributed by atoms with van der Waals surface area (Å²) in [6.07, 6.45) is -5.28. The van der Waals surface area contributed by atoms with Crippen LogP contribution in [0.5, 0.6) is 5.75 Å². The Kier molecular flexibility index (Phi) is 8.23. The van der Waals surface area contributed by atoms with Gasteiger partial charge in [-0.3, -0.25) is 0 Å². The Morgan fingerprint density at radius 1 is 1.29 bits per heavy atom. The summed E-state index contributed by atoms with van der Waals surface area (Å²) < 4.78 is 66.3. The van der Waals surface area contributed by atoms with Crippen LogP contribution in [-0.2, 0) is 6.54 Å². The predicted molar refractivity (Wildman–Crippen MR) is 84.3 cm³/mol. The molecule has 1 rings (SSSR count). The van der Waals surface area contributed by atoms with Crippen molar-refractivity contribution in [1.29, 1.82) is 0 Å². The number of nitrogens with one attached hydrogen (secondary N) is 2. The van der Waals surface area contributed by atoms with Gasteiger partial charge in [0.1, 0.15) is 5.75 Å². The van der Waals surface area contributed by atoms with E-state index in [4.69, 9.17) is 0 Å². The van der Waals surface area contributed by atoms with Gasteiger partial charge >= 0.3 is 12.8 Å². The molecule has 24 heavy (non-hydrogen) atoms. The number of rotatable bonds is 7. The van der Waals surface area contributed by atoms with Crippen molar-refractivity contribution >= 4 is 21.9 Å². The van der Waals surface area contributed by atoms with Crippen LogP contribution >= 0.6 is 15.9 Å². The van der Waals surface area contributed by atoms with Crippen LogP contribution in [0.25, 0.3) is 0 Å². The molecule has 0 aliphatic heterocycles. The zero-order chi connectivity index (χ0) is 18.2. The predicted octanol–water partition coefficient (Wildman–Crippen LogP) is 4.06. The van der Waals surface area contributed by atoms with E-state index >= 15 is 0 Å². The van der Waals surface area contributed by atoms with Gasteiger partial charge in [-0.1, -0.05) is 15.9 Å². The van der Waals surface area contributed by atoms with E-state index in [1.54, 1.807) is 13.0 Å². The lowest BCUT2D eigenvalue weighted by Crippen LogP contribution is -2.38. The van der Waals surface area contributed by atoms with E-state index in [2.05, 4.69) is 36.3 Å². The van der Waals surface area contributed by atoms with Crippen molar-refractivity contribution < 1.29 is 26.7 Å². The van der Waals surface area contributed by atoms with Gasteiger partial charge in [-0.05, 0) is 25.1 Å². The van der Waals surface area contributed by atoms with Gasteiger partial charge in [0.15, 0.2) is 5.96 Å². The first-order valence-electron chi connectivity index (χ1n) is 7.03. The van der Waals surface area contributed by atoms with Crippen LogP contribution in [0.15, 0.2) is 27.7 Å². The van der Waals surface area contributed by atoms with Gasteiger partial charge in [0.2, 0.25) is 0 Å². The monoisotopic (exact) mass is 417 g/mol. The minimum absolute atomic E-state index is 0.0388. The smallest absolute Gasteiger partial charge is 0.390 e. The molecule has 1 aromatic carbocycles. The zero-order valence-electron chi connectivity index (χ0n) is 12.8. The van der Waals surface area contributed by atoms with E-state index in [0.29, 0.717) is 16.6 Å². The van der Waals surface area contributed by atoms with E-state index in [-0.39, 0.29) is 24.8 Å². The van der Waals surface area contributed by atoms with Crippen LogP contribution in [0.4, 0.5) is 22.0 Å². The summed E-state index contributed by atoms with van der Waals surface area (Å²) in [5.74, 6) is 0.118. The Hall–Kier alpha value is -1.58. The van der Waals surface area contributed by atoms with Crippen molar-refractivity contribution in [1.82, 2.24) is 10.6 Å². The topological polar surface area (TPSA) is 45.7 Å². The highest BCUT2D eigenvalue weighted by Gasteiger charge is 2.26. The van der Waals surface area contributed by atoms with Crippen LogP contribution in [-0.4, -0.2) is 31.8 Å². The molecule has 0 bridgehead atoms. The molecule has 0 heterocycles. The van der Waals surface area contributed by atoms with Gasteiger partial charge in [-0.15, -0.1) is 0 Å². The molecule has 0 saturated heterocycles. The minimum atomic E-state index is -4.27. The number of guanidine groups is 1. The standard InChI is InChI=1S/C14H17BrF5N3O/c1-2-21-13(22-6-5-14(18,19)20)23-8-9-7-10(15)3-4-11(9)24-12(16)17/h3-4,7,12H,2,5-6,8H2,1H3,(H2,21,22,23). The molecule has 0 fully saturated rings. The second-order valence-corrected chi connectivity index (χ2v) is 5.53. The van der Waals surface area contributed by atoms with Crippen LogP contribution in [0.2, 0.25) is 0 Å². The fourth-order valence-electron chi connectivity index (χ4n) is 1.71. The van der Waals surface area contributed by atoms with Crippen LogP contribution in [0.3, 0.4) is 0 Å². The van der Waals surface area contributed by atoms with Crippen molar-refractivity contribution in [3.8, 4) is 5.75 Å². The Morgan fingerprint density at radius 3 is 2.58 bits per heavy atom. The number of nitrogens with zero attached hydrogens (tertiary/aromatic N) is 1. The maximum atomic E-state index is 12.4. The van der Waals surface area contributed by atoms with Gasteiger partial charge in [0.25, 0.3) is 0 Å². The van der Waals surface area contributed by atoms with Crippen LogP contribution < -0.4 is 15.4 Å². The highest BCUT2D eigenvalue weighted by molar-refractivity contribution is 9.10. The lowest BCUT2D eigenvalue weighted by atomic mass is 10.2. The third-order valence-electron chi connectivity index (χ3n) is 2.69. The zero-order valence-corrected chi connectivity index (χ0v) is 14.3. The van der Waals surface area contributed by atoms with E-state index in [1.165, 1.54) is 12.1 Å². The lowest BCUT2D eigenvalue weighted by Gasteiger charge is -2.13. The number of hydrogen-bond donors (Lipinski definition) is 2. The Bertz CT molecular complexity index is 552. The molecule has 0 spiro atoms. The van der Waals surface area contributed by atoms with Crippen molar-refractivity contribution in [3.05, 3.63) is 28.2 Å². The van der Waals surface area contributed by atoms with Crippen molar-refractivity contribution in [2.24, 2.45) is 4.99 Å². The summed E-state index contributed by atoms with van der Waals surface area (Å²) in [6.45, 7) is -1.16. The molecular formula is C14H17BrF5N3O. The van der Waals surface area contributed by atoms with Crippen LogP contribution in [0, 0.1) is 0 Å². The summed E-state index contributed by atoms with van der Waals surface area (Å²) in [4.78, 5) is 4.09. The highest BCUT2D eigenvalue weighted by Crippen LogP contribution is 2.25. The Labute approximate surface area is 144 Å². The Morgan fingerprint density at radius 2 is 2.00 bits per heavy atom. The fraction of sp³-hybridized carbons (Fsp3) is 0.500. The normalized spacial score (nSPS) is 12.4. The molecule has 136 valence electrons. The molecule has 10 heteroatoms. The first-order valence-corrected chi connectivity index (χ1v) is 7.82. The molecule has 0 amide bonds. The van der Waals surface area contributed by atoms with E-state index in [0.717, 1.165) is 0 Å². The quantitative estimate of drug-likeness (QED) is 0.399.